The number of nitriles is 1. The minimum absolute atomic E-state index is 0.00341. The van der Waals surface area contributed by atoms with Crippen molar-refractivity contribution >= 4 is 45.2 Å². The fraction of sp³-hybridized carbons (Fsp3) is 0.364. The highest BCUT2D eigenvalue weighted by Gasteiger charge is 2.37. The molecule has 3 aliphatic rings. The third kappa shape index (κ3) is 3.06. The van der Waals surface area contributed by atoms with Crippen LogP contribution >= 0.6 is 11.3 Å². The van der Waals surface area contributed by atoms with E-state index >= 15 is 0 Å². The lowest BCUT2D eigenvalue weighted by molar-refractivity contribution is -0.141. The number of anilines is 2. The number of nitrogens with zero attached hydrogens (tertiary/aromatic N) is 6. The van der Waals surface area contributed by atoms with Crippen molar-refractivity contribution in [2.45, 2.75) is 25.8 Å². The SMILES string of the molecule is N#CC1CN(C(=O)[C@H]2CCc3c(sc4ncnc(Nc5cnc6c(c5)C=NC6)c34)C2)C1. The van der Waals surface area contributed by atoms with Gasteiger partial charge in [-0.25, -0.2) is 9.97 Å². The largest absolute Gasteiger partial charge is 0.340 e. The molecule has 5 heterocycles. The van der Waals surface area contributed by atoms with Crippen molar-refractivity contribution in [2.24, 2.45) is 16.8 Å². The normalized spacial score (nSPS) is 19.6. The molecule has 1 fully saturated rings. The summed E-state index contributed by atoms with van der Waals surface area (Å²) in [5, 5.41) is 13.4. The average molecular weight is 430 g/mol. The smallest absolute Gasteiger partial charge is 0.226 e. The van der Waals surface area contributed by atoms with E-state index in [1.165, 1.54) is 10.4 Å². The third-order valence-corrected chi connectivity index (χ3v) is 7.47. The summed E-state index contributed by atoms with van der Waals surface area (Å²) in [6.45, 7) is 1.79. The van der Waals surface area contributed by atoms with Crippen LogP contribution in [0.3, 0.4) is 0 Å². The number of likely N-dealkylation sites (tertiary alicyclic amines) is 1. The molecule has 0 bridgehead atoms. The first-order chi connectivity index (χ1) is 15.2. The number of aliphatic imine (C=N–C) groups is 1. The summed E-state index contributed by atoms with van der Waals surface area (Å²) < 4.78 is 0. The number of aromatic nitrogens is 3. The van der Waals surface area contributed by atoms with Crippen LogP contribution in [0.25, 0.3) is 10.2 Å². The highest BCUT2D eigenvalue weighted by Crippen LogP contribution is 2.41. The Morgan fingerprint density at radius 3 is 3.06 bits per heavy atom. The molecule has 0 unspecified atom stereocenters. The molecule has 1 aliphatic carbocycles. The summed E-state index contributed by atoms with van der Waals surface area (Å²) in [5.74, 6) is 0.953. The number of carbonyl (C=O) groups is 1. The fourth-order valence-electron chi connectivity index (χ4n) is 4.60. The number of thiophene rings is 1. The lowest BCUT2D eigenvalue weighted by Crippen LogP contribution is -2.52. The second-order valence-electron chi connectivity index (χ2n) is 8.27. The quantitative estimate of drug-likeness (QED) is 0.686. The number of rotatable bonds is 3. The summed E-state index contributed by atoms with van der Waals surface area (Å²) in [4.78, 5) is 34.6. The molecule has 1 amide bonds. The second kappa shape index (κ2) is 7.10. The molecule has 9 heteroatoms. The van der Waals surface area contributed by atoms with Crippen molar-refractivity contribution in [3.8, 4) is 6.07 Å². The van der Waals surface area contributed by atoms with Gasteiger partial charge < -0.3 is 10.2 Å². The number of amides is 1. The zero-order valence-electron chi connectivity index (χ0n) is 16.7. The summed E-state index contributed by atoms with van der Waals surface area (Å²) in [7, 11) is 0. The van der Waals surface area contributed by atoms with Crippen molar-refractivity contribution in [1.82, 2.24) is 19.9 Å². The molecule has 0 spiro atoms. The van der Waals surface area contributed by atoms with Gasteiger partial charge in [0.2, 0.25) is 5.91 Å². The molecule has 0 aromatic carbocycles. The molecule has 1 saturated heterocycles. The average Bonchev–Trinajstić information content (AvgIpc) is 3.36. The van der Waals surface area contributed by atoms with Gasteiger partial charge >= 0.3 is 0 Å². The van der Waals surface area contributed by atoms with Crippen LogP contribution in [0.5, 0.6) is 0 Å². The van der Waals surface area contributed by atoms with Gasteiger partial charge in [0.1, 0.15) is 17.0 Å². The van der Waals surface area contributed by atoms with E-state index in [9.17, 15) is 4.79 Å². The monoisotopic (exact) mass is 429 g/mol. The van der Waals surface area contributed by atoms with Gasteiger partial charge in [-0.3, -0.25) is 14.8 Å². The zero-order valence-corrected chi connectivity index (χ0v) is 17.5. The van der Waals surface area contributed by atoms with Gasteiger partial charge in [0, 0.05) is 35.7 Å². The molecule has 3 aromatic rings. The number of pyridine rings is 1. The van der Waals surface area contributed by atoms with Crippen molar-refractivity contribution in [3.05, 3.63) is 40.3 Å². The van der Waals surface area contributed by atoms with Gasteiger partial charge in [0.15, 0.2) is 0 Å². The van der Waals surface area contributed by atoms with Gasteiger partial charge in [-0.15, -0.1) is 11.3 Å². The molecule has 1 N–H and O–H groups in total. The van der Waals surface area contributed by atoms with Crippen LogP contribution in [0.1, 0.15) is 28.1 Å². The maximum Gasteiger partial charge on any atom is 0.226 e. The number of nitrogens with one attached hydrogen (secondary N) is 1. The van der Waals surface area contributed by atoms with Crippen molar-refractivity contribution in [2.75, 3.05) is 18.4 Å². The predicted octanol–water partition coefficient (Wildman–Crippen LogP) is 2.85. The number of aryl methyl sites for hydroxylation is 1. The second-order valence-corrected chi connectivity index (χ2v) is 9.35. The Morgan fingerprint density at radius 1 is 1.29 bits per heavy atom. The molecule has 8 nitrogen and oxygen atoms in total. The molecule has 2 aliphatic heterocycles. The van der Waals surface area contributed by atoms with Gasteiger partial charge in [0.05, 0.1) is 41.5 Å². The van der Waals surface area contributed by atoms with Crippen LogP contribution in [0.4, 0.5) is 11.5 Å². The van der Waals surface area contributed by atoms with Crippen LogP contribution in [0, 0.1) is 23.2 Å². The minimum Gasteiger partial charge on any atom is -0.340 e. The van der Waals surface area contributed by atoms with E-state index in [4.69, 9.17) is 5.26 Å². The summed E-state index contributed by atoms with van der Waals surface area (Å²) >= 11 is 1.66. The van der Waals surface area contributed by atoms with E-state index < -0.39 is 0 Å². The maximum absolute atomic E-state index is 12.8. The van der Waals surface area contributed by atoms with Crippen LogP contribution in [-0.2, 0) is 24.2 Å². The molecular weight excluding hydrogens is 410 g/mol. The van der Waals surface area contributed by atoms with Crippen molar-refractivity contribution in [3.63, 3.8) is 0 Å². The minimum atomic E-state index is -0.00947. The van der Waals surface area contributed by atoms with Crippen LogP contribution < -0.4 is 5.32 Å². The molecular formula is C22H19N7OS. The Bertz CT molecular complexity index is 1280. The number of hydrogen-bond donors (Lipinski definition) is 1. The molecule has 3 aromatic heterocycles. The highest BCUT2D eigenvalue weighted by atomic mass is 32.1. The van der Waals surface area contributed by atoms with Crippen LogP contribution in [-0.4, -0.2) is 45.1 Å². The standard InChI is InChI=1S/C22H19N7OS/c23-5-12-9-29(10-12)22(30)13-1-2-16-18(4-13)31-21-19(16)20(26-11-27-21)28-15-3-14-6-24-8-17(14)25-7-15/h3,6-7,11-13H,1-2,4,8-10H2,(H,26,27,28)/t13-/m0/s1. The van der Waals surface area contributed by atoms with E-state index in [1.807, 2.05) is 23.4 Å². The highest BCUT2D eigenvalue weighted by molar-refractivity contribution is 7.19. The van der Waals surface area contributed by atoms with Gasteiger partial charge in [-0.05, 0) is 30.9 Å². The Balaban J connectivity index is 1.27. The van der Waals surface area contributed by atoms with E-state index in [1.54, 1.807) is 17.7 Å². The first-order valence-electron chi connectivity index (χ1n) is 10.4. The summed E-state index contributed by atoms with van der Waals surface area (Å²) in [6, 6.07) is 4.28. The molecule has 31 heavy (non-hydrogen) atoms. The van der Waals surface area contributed by atoms with E-state index in [0.29, 0.717) is 19.6 Å². The first-order valence-corrected chi connectivity index (χ1v) is 11.2. The van der Waals surface area contributed by atoms with Crippen molar-refractivity contribution < 1.29 is 4.79 Å². The number of fused-ring (bicyclic) bond motifs is 4. The van der Waals surface area contributed by atoms with E-state index in [-0.39, 0.29) is 17.7 Å². The lowest BCUT2D eigenvalue weighted by atomic mass is 9.85. The van der Waals surface area contributed by atoms with Gasteiger partial charge in [-0.2, -0.15) is 5.26 Å². The number of carbonyl (C=O) groups excluding carboxylic acids is 1. The Hall–Kier alpha value is -3.38. The van der Waals surface area contributed by atoms with Gasteiger partial charge in [0.25, 0.3) is 0 Å². The van der Waals surface area contributed by atoms with E-state index in [2.05, 4.69) is 31.3 Å². The molecule has 1 atom stereocenters. The topological polar surface area (TPSA) is 107 Å². The lowest BCUT2D eigenvalue weighted by Gasteiger charge is -2.38. The van der Waals surface area contributed by atoms with Crippen LogP contribution in [0.15, 0.2) is 23.6 Å². The Labute approximate surface area is 182 Å². The van der Waals surface area contributed by atoms with E-state index in [0.717, 1.165) is 52.2 Å². The maximum atomic E-state index is 12.8. The van der Waals surface area contributed by atoms with Crippen LogP contribution in [0.2, 0.25) is 0 Å². The Morgan fingerprint density at radius 2 is 2.19 bits per heavy atom. The molecule has 154 valence electrons. The molecule has 0 saturated carbocycles. The summed E-state index contributed by atoms with van der Waals surface area (Å²) in [5.41, 5.74) is 4.15. The number of hydrogen-bond acceptors (Lipinski definition) is 8. The first kappa shape index (κ1) is 18.4. The third-order valence-electron chi connectivity index (χ3n) is 6.31. The van der Waals surface area contributed by atoms with Crippen molar-refractivity contribution in [1.29, 1.82) is 5.26 Å². The predicted molar refractivity (Wildman–Crippen MR) is 117 cm³/mol. The fourth-order valence-corrected chi connectivity index (χ4v) is 5.87. The summed E-state index contributed by atoms with van der Waals surface area (Å²) in [6.07, 6.45) is 7.63. The Kier molecular flexibility index (Phi) is 4.21. The van der Waals surface area contributed by atoms with Gasteiger partial charge in [-0.1, -0.05) is 0 Å². The zero-order chi connectivity index (χ0) is 20.9. The molecule has 0 radical (unpaired) electrons. The molecule has 6 rings (SSSR count).